The quantitative estimate of drug-likeness (QED) is 0.773. The molecule has 1 N–H and O–H groups in total. The maximum atomic E-state index is 12.5. The van der Waals surface area contributed by atoms with E-state index in [2.05, 4.69) is 10.3 Å². The molecule has 3 aromatic rings. The Balaban J connectivity index is 1.76. The summed E-state index contributed by atoms with van der Waals surface area (Å²) in [6.45, 7) is 3.98. The average molecular weight is 362 g/mol. The van der Waals surface area contributed by atoms with Crippen molar-refractivity contribution in [3.8, 4) is 5.69 Å². The number of benzene rings is 2. The van der Waals surface area contributed by atoms with Gasteiger partial charge in [-0.15, -0.1) is 0 Å². The number of carbonyl (C=O) groups is 2. The summed E-state index contributed by atoms with van der Waals surface area (Å²) in [5.74, 6) is -0.397. The van der Waals surface area contributed by atoms with Crippen molar-refractivity contribution < 1.29 is 9.59 Å². The number of hydrogen-bond acceptors (Lipinski definition) is 3. The van der Waals surface area contributed by atoms with Gasteiger partial charge in [-0.05, 0) is 56.3 Å². The van der Waals surface area contributed by atoms with Crippen molar-refractivity contribution in [2.24, 2.45) is 0 Å². The van der Waals surface area contributed by atoms with Gasteiger partial charge in [0.1, 0.15) is 0 Å². The summed E-state index contributed by atoms with van der Waals surface area (Å²) in [4.78, 5) is 30.4. The van der Waals surface area contributed by atoms with Crippen LogP contribution in [0.4, 0.5) is 5.69 Å². The molecule has 0 aliphatic heterocycles. The summed E-state index contributed by atoms with van der Waals surface area (Å²) < 4.78 is 2.00. The molecule has 0 aliphatic carbocycles. The molecule has 0 unspecified atom stereocenters. The standard InChI is InChI=1S/C21H22N4O2/c1-14-15(2)25(13-22-14)19-10-8-18(9-11-19)23-20(26)16-6-5-7-17(12-16)21(27)24(3)4/h5-13H,1-4H3,(H,23,26). The Kier molecular flexibility index (Phi) is 5.07. The number of aromatic nitrogens is 2. The zero-order valence-corrected chi connectivity index (χ0v) is 15.9. The highest BCUT2D eigenvalue weighted by Gasteiger charge is 2.12. The van der Waals surface area contributed by atoms with Gasteiger partial charge in [0.15, 0.2) is 0 Å². The Morgan fingerprint density at radius 1 is 1.00 bits per heavy atom. The van der Waals surface area contributed by atoms with E-state index in [1.165, 1.54) is 4.90 Å². The fourth-order valence-corrected chi connectivity index (χ4v) is 2.72. The van der Waals surface area contributed by atoms with Crippen molar-refractivity contribution in [2.45, 2.75) is 13.8 Å². The Labute approximate surface area is 158 Å². The molecule has 6 nitrogen and oxygen atoms in total. The normalized spacial score (nSPS) is 10.5. The van der Waals surface area contributed by atoms with Gasteiger partial charge in [0, 0.05) is 42.3 Å². The van der Waals surface area contributed by atoms with Crippen molar-refractivity contribution >= 4 is 17.5 Å². The summed E-state index contributed by atoms with van der Waals surface area (Å²) >= 11 is 0. The molecule has 0 atom stereocenters. The number of nitrogens with zero attached hydrogens (tertiary/aromatic N) is 3. The van der Waals surface area contributed by atoms with E-state index in [-0.39, 0.29) is 11.8 Å². The third kappa shape index (κ3) is 3.89. The molecule has 138 valence electrons. The summed E-state index contributed by atoms with van der Waals surface area (Å²) in [6, 6.07) is 14.2. The van der Waals surface area contributed by atoms with Crippen LogP contribution >= 0.6 is 0 Å². The molecule has 6 heteroatoms. The fourth-order valence-electron chi connectivity index (χ4n) is 2.72. The van der Waals surface area contributed by atoms with Crippen LogP contribution in [0.25, 0.3) is 5.69 Å². The molecule has 2 amide bonds. The first-order valence-corrected chi connectivity index (χ1v) is 8.61. The van der Waals surface area contributed by atoms with Crippen LogP contribution in [0.5, 0.6) is 0 Å². The maximum Gasteiger partial charge on any atom is 0.255 e. The number of anilines is 1. The second-order valence-corrected chi connectivity index (χ2v) is 6.57. The molecule has 0 radical (unpaired) electrons. The van der Waals surface area contributed by atoms with Crippen LogP contribution in [-0.4, -0.2) is 40.4 Å². The van der Waals surface area contributed by atoms with Crippen LogP contribution < -0.4 is 5.32 Å². The van der Waals surface area contributed by atoms with Crippen LogP contribution in [0.1, 0.15) is 32.1 Å². The van der Waals surface area contributed by atoms with Gasteiger partial charge in [-0.1, -0.05) is 6.07 Å². The molecule has 0 aliphatic rings. The molecule has 0 fully saturated rings. The Bertz CT molecular complexity index is 988. The zero-order valence-electron chi connectivity index (χ0n) is 15.9. The number of imidazole rings is 1. The number of rotatable bonds is 4. The summed E-state index contributed by atoms with van der Waals surface area (Å²) in [6.07, 6.45) is 1.78. The number of nitrogens with one attached hydrogen (secondary N) is 1. The molecule has 0 bridgehead atoms. The van der Waals surface area contributed by atoms with Crippen LogP contribution in [0.2, 0.25) is 0 Å². The highest BCUT2D eigenvalue weighted by Crippen LogP contribution is 2.17. The molecule has 0 saturated heterocycles. The second kappa shape index (κ2) is 7.45. The van der Waals surface area contributed by atoms with Gasteiger partial charge in [-0.2, -0.15) is 0 Å². The lowest BCUT2D eigenvalue weighted by atomic mass is 10.1. The lowest BCUT2D eigenvalue weighted by molar-refractivity contribution is 0.0827. The zero-order chi connectivity index (χ0) is 19.6. The van der Waals surface area contributed by atoms with Crippen molar-refractivity contribution in [2.75, 3.05) is 19.4 Å². The Hall–Kier alpha value is -3.41. The van der Waals surface area contributed by atoms with Crippen LogP contribution in [0, 0.1) is 13.8 Å². The van der Waals surface area contributed by atoms with E-state index in [0.717, 1.165) is 17.1 Å². The Morgan fingerprint density at radius 2 is 1.67 bits per heavy atom. The van der Waals surface area contributed by atoms with Crippen molar-refractivity contribution in [1.82, 2.24) is 14.5 Å². The van der Waals surface area contributed by atoms with Crippen LogP contribution in [-0.2, 0) is 0 Å². The molecule has 3 rings (SSSR count). The summed E-state index contributed by atoms with van der Waals surface area (Å²) in [5.41, 5.74) is 4.64. The average Bonchev–Trinajstić information content (AvgIpc) is 3.00. The minimum atomic E-state index is -0.259. The minimum absolute atomic E-state index is 0.139. The van der Waals surface area contributed by atoms with Crippen LogP contribution in [0.15, 0.2) is 54.9 Å². The third-order valence-electron chi connectivity index (χ3n) is 4.43. The summed E-state index contributed by atoms with van der Waals surface area (Å²) in [7, 11) is 3.36. The van der Waals surface area contributed by atoms with Crippen molar-refractivity contribution in [3.63, 3.8) is 0 Å². The van der Waals surface area contributed by atoms with Gasteiger partial charge in [0.2, 0.25) is 0 Å². The molecular formula is C21H22N4O2. The van der Waals surface area contributed by atoms with Crippen molar-refractivity contribution in [1.29, 1.82) is 0 Å². The van der Waals surface area contributed by atoms with Gasteiger partial charge in [-0.3, -0.25) is 9.59 Å². The molecule has 0 saturated carbocycles. The van der Waals surface area contributed by atoms with E-state index in [0.29, 0.717) is 16.8 Å². The predicted molar refractivity (Wildman–Crippen MR) is 105 cm³/mol. The highest BCUT2D eigenvalue weighted by atomic mass is 16.2. The third-order valence-corrected chi connectivity index (χ3v) is 4.43. The SMILES string of the molecule is Cc1ncn(-c2ccc(NC(=O)c3cccc(C(=O)N(C)C)c3)cc2)c1C. The van der Waals surface area contributed by atoms with E-state index in [9.17, 15) is 9.59 Å². The molecule has 27 heavy (non-hydrogen) atoms. The van der Waals surface area contributed by atoms with Gasteiger partial charge >= 0.3 is 0 Å². The minimum Gasteiger partial charge on any atom is -0.345 e. The van der Waals surface area contributed by atoms with Gasteiger partial charge < -0.3 is 14.8 Å². The van der Waals surface area contributed by atoms with Crippen molar-refractivity contribution in [3.05, 3.63) is 77.4 Å². The van der Waals surface area contributed by atoms with E-state index in [1.54, 1.807) is 44.7 Å². The first kappa shape index (κ1) is 18.4. The lowest BCUT2D eigenvalue weighted by Crippen LogP contribution is -2.22. The first-order chi connectivity index (χ1) is 12.9. The van der Waals surface area contributed by atoms with E-state index in [4.69, 9.17) is 0 Å². The maximum absolute atomic E-state index is 12.5. The first-order valence-electron chi connectivity index (χ1n) is 8.61. The topological polar surface area (TPSA) is 67.2 Å². The number of amides is 2. The van der Waals surface area contributed by atoms with Gasteiger partial charge in [0.25, 0.3) is 11.8 Å². The van der Waals surface area contributed by atoms with Gasteiger partial charge in [-0.25, -0.2) is 4.98 Å². The van der Waals surface area contributed by atoms with E-state index in [1.807, 2.05) is 42.7 Å². The number of aryl methyl sites for hydroxylation is 1. The Morgan fingerprint density at radius 3 is 2.26 bits per heavy atom. The number of carbonyl (C=O) groups excluding carboxylic acids is 2. The smallest absolute Gasteiger partial charge is 0.255 e. The monoisotopic (exact) mass is 362 g/mol. The van der Waals surface area contributed by atoms with E-state index < -0.39 is 0 Å². The summed E-state index contributed by atoms with van der Waals surface area (Å²) in [5, 5.41) is 2.86. The predicted octanol–water partition coefficient (Wildman–Crippen LogP) is 3.44. The largest absolute Gasteiger partial charge is 0.345 e. The fraction of sp³-hybridized carbons (Fsp3) is 0.190. The second-order valence-electron chi connectivity index (χ2n) is 6.57. The molecule has 1 aromatic heterocycles. The molecule has 0 spiro atoms. The lowest BCUT2D eigenvalue weighted by Gasteiger charge is -2.12. The highest BCUT2D eigenvalue weighted by molar-refractivity contribution is 6.06. The molecular weight excluding hydrogens is 340 g/mol. The van der Waals surface area contributed by atoms with Crippen LogP contribution in [0.3, 0.4) is 0 Å². The van der Waals surface area contributed by atoms with E-state index >= 15 is 0 Å². The van der Waals surface area contributed by atoms with Gasteiger partial charge in [0.05, 0.1) is 12.0 Å². The molecule has 2 aromatic carbocycles. The molecule has 1 heterocycles. The number of hydrogen-bond donors (Lipinski definition) is 1.